The van der Waals surface area contributed by atoms with Crippen LogP contribution in [-0.4, -0.2) is 4.57 Å². The summed E-state index contributed by atoms with van der Waals surface area (Å²) in [6.45, 7) is 3.18. The van der Waals surface area contributed by atoms with Gasteiger partial charge in [0.2, 0.25) is 6.33 Å². The van der Waals surface area contributed by atoms with Gasteiger partial charge in [0.25, 0.3) is 0 Å². The van der Waals surface area contributed by atoms with Crippen molar-refractivity contribution in [2.75, 3.05) is 0 Å². The van der Waals surface area contributed by atoms with Gasteiger partial charge in [-0.1, -0.05) is 0 Å². The Bertz CT molecular complexity index is 239. The van der Waals surface area contributed by atoms with E-state index in [4.69, 9.17) is 40.4 Å². The van der Waals surface area contributed by atoms with Gasteiger partial charge in [-0.25, -0.2) is 9.13 Å². The van der Waals surface area contributed by atoms with Crippen molar-refractivity contribution in [1.29, 1.82) is 0 Å². The molecule has 0 fully saturated rings. The number of hydrogen-bond acceptors (Lipinski definition) is 0. The molecule has 0 N–H and O–H groups in total. The zero-order valence-electron chi connectivity index (χ0n) is 7.22. The molecule has 0 bridgehead atoms. The number of aromatic nitrogens is 2. The van der Waals surface area contributed by atoms with Crippen molar-refractivity contribution in [2.24, 2.45) is 7.05 Å². The molecule has 1 rings (SSSR count). The van der Waals surface area contributed by atoms with Crippen LogP contribution >= 0.6 is 40.4 Å². The van der Waals surface area contributed by atoms with Crippen LogP contribution < -0.4 is 4.57 Å². The van der Waals surface area contributed by atoms with E-state index in [1.807, 2.05) is 17.8 Å². The first-order valence-electron chi connectivity index (χ1n) is 3.41. The van der Waals surface area contributed by atoms with Gasteiger partial charge in [-0.05, 0) is 6.92 Å². The molecule has 0 saturated heterocycles. The third-order valence-electron chi connectivity index (χ3n) is 1.19. The molecule has 13 heavy (non-hydrogen) atoms. The van der Waals surface area contributed by atoms with E-state index >= 15 is 0 Å². The number of halogens is 4. The summed E-state index contributed by atoms with van der Waals surface area (Å²) < 4.78 is 4.16. The zero-order chi connectivity index (χ0) is 10.5. The average Bonchev–Trinajstić information content (AvgIpc) is 2.31. The van der Waals surface area contributed by atoms with Gasteiger partial charge >= 0.3 is 49.6 Å². The van der Waals surface area contributed by atoms with Gasteiger partial charge in [-0.15, -0.1) is 0 Å². The summed E-state index contributed by atoms with van der Waals surface area (Å²) in [6.07, 6.45) is 6.14. The van der Waals surface area contributed by atoms with E-state index in [0.717, 1.165) is 6.54 Å². The van der Waals surface area contributed by atoms with Crippen LogP contribution in [0.5, 0.6) is 0 Å². The first-order chi connectivity index (χ1) is 5.83. The Morgan fingerprint density at radius 2 is 1.77 bits per heavy atom. The van der Waals surface area contributed by atoms with Crippen molar-refractivity contribution in [3.05, 3.63) is 18.7 Å². The van der Waals surface area contributed by atoms with Gasteiger partial charge in [-0.2, -0.15) is 0 Å². The molecule has 0 aliphatic carbocycles. The molecule has 7 heteroatoms. The Labute approximate surface area is 97.5 Å². The summed E-state index contributed by atoms with van der Waals surface area (Å²) in [5, 5.41) is 0. The van der Waals surface area contributed by atoms with Crippen LogP contribution in [0.4, 0.5) is 0 Å². The van der Waals surface area contributed by atoms with Gasteiger partial charge in [0.05, 0.1) is 13.6 Å². The molecule has 1 heterocycles. The van der Waals surface area contributed by atoms with Crippen molar-refractivity contribution in [2.45, 2.75) is 13.5 Å². The molecule has 0 radical (unpaired) electrons. The van der Waals surface area contributed by atoms with Crippen LogP contribution in [0.3, 0.4) is 0 Å². The average molecular weight is 308 g/mol. The number of rotatable bonds is 1. The first kappa shape index (κ1) is 13.9. The third-order valence-corrected chi connectivity index (χ3v) is 1.19. The second-order valence-electron chi connectivity index (χ2n) is 2.23. The molecule has 1 aromatic rings. The number of nitrogens with zero attached hydrogens (tertiary/aromatic N) is 2. The molecule has 0 amide bonds. The topological polar surface area (TPSA) is 8.81 Å². The molecule has 0 saturated carbocycles. The number of aryl methyl sites for hydroxylation is 2. The Hall–Kier alpha value is 0.889. The fourth-order valence-electron chi connectivity index (χ4n) is 0.689. The molecule has 0 unspecified atom stereocenters. The van der Waals surface area contributed by atoms with Crippen LogP contribution in [0.2, 0.25) is 0 Å². The minimum atomic E-state index is -2.74. The summed E-state index contributed by atoms with van der Waals surface area (Å²) in [5.41, 5.74) is 0. The fraction of sp³-hybridized carbons (Fsp3) is 0.500. The maximum absolute atomic E-state index is 4.97. The normalized spacial score (nSPS) is 11.8. The van der Waals surface area contributed by atoms with Crippen LogP contribution in [-0.2, 0) is 22.8 Å². The van der Waals surface area contributed by atoms with Crippen LogP contribution in [0, 0.1) is 0 Å². The molecule has 2 nitrogen and oxygen atoms in total. The number of imidazole rings is 1. The maximum atomic E-state index is 4.97. The molecule has 79 valence electrons. The predicted molar refractivity (Wildman–Crippen MR) is 54.7 cm³/mol. The van der Waals surface area contributed by atoms with Crippen molar-refractivity contribution < 1.29 is 13.8 Å². The molecule has 0 atom stereocenters. The molecular weight excluding hydrogens is 297 g/mol. The second-order valence-corrected chi connectivity index (χ2v) is 13.9. The fourth-order valence-corrected chi connectivity index (χ4v) is 0.689. The minimum absolute atomic E-state index is 1.06. The molecular formula is C6H11Cl4MnN2+. The van der Waals surface area contributed by atoms with Crippen LogP contribution in [0.1, 0.15) is 6.92 Å². The summed E-state index contributed by atoms with van der Waals surface area (Å²) in [5.74, 6) is 0. The van der Waals surface area contributed by atoms with Gasteiger partial charge in [-0.3, -0.25) is 0 Å². The molecule has 1 aromatic heterocycles. The Balaban J connectivity index is 0.000000252. The van der Waals surface area contributed by atoms with Gasteiger partial charge in [0.1, 0.15) is 12.4 Å². The van der Waals surface area contributed by atoms with Gasteiger partial charge in [0, 0.05) is 0 Å². The molecule has 0 aromatic carbocycles. The summed E-state index contributed by atoms with van der Waals surface area (Å²) >= 11 is 0. The first-order valence-corrected chi connectivity index (χ1v) is 9.90. The van der Waals surface area contributed by atoms with E-state index in [9.17, 15) is 0 Å². The SMILES string of the molecule is CCn1cc[n+](C)c1.[Cl][Mn]([Cl])([Cl])[Cl]. The van der Waals surface area contributed by atoms with Crippen LogP contribution in [0.25, 0.3) is 0 Å². The monoisotopic (exact) mass is 306 g/mol. The number of hydrogen-bond donors (Lipinski definition) is 0. The van der Waals surface area contributed by atoms with E-state index in [1.165, 1.54) is 0 Å². The summed E-state index contributed by atoms with van der Waals surface area (Å²) in [4.78, 5) is 0. The van der Waals surface area contributed by atoms with Gasteiger partial charge in [0.15, 0.2) is 0 Å². The van der Waals surface area contributed by atoms with Crippen LogP contribution in [0.15, 0.2) is 18.7 Å². The van der Waals surface area contributed by atoms with E-state index < -0.39 is 9.20 Å². The van der Waals surface area contributed by atoms with E-state index in [1.54, 1.807) is 0 Å². The van der Waals surface area contributed by atoms with Gasteiger partial charge < -0.3 is 0 Å². The Kier molecular flexibility index (Phi) is 6.82. The summed E-state index contributed by atoms with van der Waals surface area (Å²) in [7, 11) is 19.2. The molecule has 0 aliphatic rings. The molecule has 0 spiro atoms. The van der Waals surface area contributed by atoms with E-state index in [-0.39, 0.29) is 0 Å². The summed E-state index contributed by atoms with van der Waals surface area (Å²) in [6, 6.07) is 0. The van der Waals surface area contributed by atoms with Crippen molar-refractivity contribution in [3.8, 4) is 0 Å². The quantitative estimate of drug-likeness (QED) is 0.557. The second kappa shape index (κ2) is 6.39. The van der Waals surface area contributed by atoms with E-state index in [2.05, 4.69) is 24.0 Å². The molecule has 0 aliphatic heterocycles. The Morgan fingerprint density at radius 3 is 1.92 bits per heavy atom. The third kappa shape index (κ3) is 10.8. The van der Waals surface area contributed by atoms with Crippen molar-refractivity contribution in [1.82, 2.24) is 4.57 Å². The standard InChI is InChI=1S/C6H11N2.4ClH.Mn/c1-3-8-5-4-7(2)6-8;;;;;/h4-6H,3H2,1-2H3;4*1H;/q+1;;;;;+4/p-4. The van der Waals surface area contributed by atoms with E-state index in [0.29, 0.717) is 0 Å². The van der Waals surface area contributed by atoms with Crippen molar-refractivity contribution >= 4 is 40.4 Å². The Morgan fingerprint density at radius 1 is 1.31 bits per heavy atom. The zero-order valence-corrected chi connectivity index (χ0v) is 11.4. The predicted octanol–water partition coefficient (Wildman–Crippen LogP) is 3.09. The van der Waals surface area contributed by atoms with Crippen molar-refractivity contribution in [3.63, 3.8) is 0 Å².